The Kier molecular flexibility index (Phi) is 8.75. The van der Waals surface area contributed by atoms with Gasteiger partial charge >= 0.3 is 0 Å². The molecular formula is C18H21Cl2FN4O2. The highest BCUT2D eigenvalue weighted by Gasteiger charge is 2.25. The Morgan fingerprint density at radius 2 is 2.04 bits per heavy atom. The molecule has 146 valence electrons. The summed E-state index contributed by atoms with van der Waals surface area (Å²) in [4.78, 5) is 31.3. The van der Waals surface area contributed by atoms with Gasteiger partial charge in [0.05, 0.1) is 10.6 Å². The highest BCUT2D eigenvalue weighted by molar-refractivity contribution is 6.35. The Balaban J connectivity index is 0.00000364. The first-order valence-electron chi connectivity index (χ1n) is 8.18. The first kappa shape index (κ1) is 23.0. The van der Waals surface area contributed by atoms with Crippen molar-refractivity contribution in [2.45, 2.75) is 38.8 Å². The number of nitrogens with one attached hydrogen (secondary N) is 1. The fraction of sp³-hybridized carbons (Fsp3) is 0.333. The molecule has 1 heterocycles. The minimum absolute atomic E-state index is 0. The first-order chi connectivity index (χ1) is 12.3. The van der Waals surface area contributed by atoms with Crippen LogP contribution >= 0.6 is 24.0 Å². The van der Waals surface area contributed by atoms with Gasteiger partial charge in [0.25, 0.3) is 0 Å². The van der Waals surface area contributed by atoms with Crippen molar-refractivity contribution in [3.8, 4) is 0 Å². The molecule has 0 spiro atoms. The molecule has 6 nitrogen and oxygen atoms in total. The maximum atomic E-state index is 15.1. The molecule has 0 saturated heterocycles. The number of nitrogens with zero attached hydrogens (tertiary/aromatic N) is 2. The number of benzene rings is 1. The van der Waals surface area contributed by atoms with Crippen LogP contribution in [0, 0.1) is 5.82 Å². The van der Waals surface area contributed by atoms with Gasteiger partial charge in [0, 0.05) is 30.3 Å². The second-order valence-electron chi connectivity index (χ2n) is 5.95. The van der Waals surface area contributed by atoms with Gasteiger partial charge in [-0.25, -0.2) is 14.4 Å². The number of nitrogens with two attached hydrogens (primary N) is 1. The molecule has 0 unspecified atom stereocenters. The van der Waals surface area contributed by atoms with Gasteiger partial charge in [0.1, 0.15) is 17.8 Å². The zero-order valence-corrected chi connectivity index (χ0v) is 16.5. The van der Waals surface area contributed by atoms with Crippen LogP contribution in [-0.2, 0) is 4.79 Å². The third kappa shape index (κ3) is 5.69. The second-order valence-corrected chi connectivity index (χ2v) is 6.36. The van der Waals surface area contributed by atoms with Crippen molar-refractivity contribution in [2.24, 2.45) is 5.73 Å². The molecule has 0 radical (unpaired) electrons. The summed E-state index contributed by atoms with van der Waals surface area (Å²) in [6, 6.07) is 3.77. The lowest BCUT2D eigenvalue weighted by molar-refractivity contribution is -0.118. The third-order valence-corrected chi connectivity index (χ3v) is 4.25. The fourth-order valence-electron chi connectivity index (χ4n) is 2.73. The molecule has 27 heavy (non-hydrogen) atoms. The zero-order chi connectivity index (χ0) is 19.3. The number of aromatic nitrogens is 2. The van der Waals surface area contributed by atoms with E-state index >= 15 is 4.39 Å². The van der Waals surface area contributed by atoms with Crippen LogP contribution in [0.15, 0.2) is 30.7 Å². The summed E-state index contributed by atoms with van der Waals surface area (Å²) >= 11 is 6.08. The number of hydrogen-bond acceptors (Lipinski definition) is 5. The molecule has 3 N–H and O–H groups in total. The quantitative estimate of drug-likeness (QED) is 0.646. The number of rotatable bonds is 8. The van der Waals surface area contributed by atoms with Gasteiger partial charge < -0.3 is 11.1 Å². The van der Waals surface area contributed by atoms with Crippen LogP contribution in [0.2, 0.25) is 5.02 Å². The molecule has 0 aliphatic carbocycles. The van der Waals surface area contributed by atoms with Gasteiger partial charge in [-0.3, -0.25) is 9.59 Å². The maximum Gasteiger partial charge on any atom is 0.218 e. The summed E-state index contributed by atoms with van der Waals surface area (Å²) in [5.74, 6) is -1.76. The van der Waals surface area contributed by atoms with Crippen molar-refractivity contribution in [3.63, 3.8) is 0 Å². The number of carbonyl (C=O) groups excluding carboxylic acids is 2. The van der Waals surface area contributed by atoms with Crippen molar-refractivity contribution in [1.82, 2.24) is 15.3 Å². The average Bonchev–Trinajstić information content (AvgIpc) is 2.60. The second kappa shape index (κ2) is 10.3. The van der Waals surface area contributed by atoms with Crippen molar-refractivity contribution in [3.05, 3.63) is 58.4 Å². The van der Waals surface area contributed by atoms with Crippen LogP contribution in [0.25, 0.3) is 0 Å². The smallest absolute Gasteiger partial charge is 0.218 e. The van der Waals surface area contributed by atoms with Crippen LogP contribution in [0.5, 0.6) is 0 Å². The molecule has 2 aromatic rings. The lowest BCUT2D eigenvalue weighted by atomic mass is 9.97. The van der Waals surface area contributed by atoms with E-state index in [9.17, 15) is 9.59 Å². The SMILES string of the molecule is CC[C@@H](N[C@H](C)CC(N)=O)c1ccc(Cl)c(C(=O)c2ccncn2)c1F.Cl. The number of primary amides is 1. The Hall–Kier alpha value is -2.09. The van der Waals surface area contributed by atoms with E-state index in [4.69, 9.17) is 17.3 Å². The van der Waals surface area contributed by atoms with Crippen LogP contribution in [0.1, 0.15) is 54.3 Å². The molecule has 2 atom stereocenters. The van der Waals surface area contributed by atoms with Crippen molar-refractivity contribution in [2.75, 3.05) is 0 Å². The molecule has 0 aliphatic heterocycles. The molecule has 1 aromatic carbocycles. The number of ketones is 1. The summed E-state index contributed by atoms with van der Waals surface area (Å²) in [7, 11) is 0. The highest BCUT2D eigenvalue weighted by atomic mass is 35.5. The molecular weight excluding hydrogens is 394 g/mol. The molecule has 9 heteroatoms. The fourth-order valence-corrected chi connectivity index (χ4v) is 2.96. The van der Waals surface area contributed by atoms with Gasteiger partial charge in [-0.15, -0.1) is 12.4 Å². The van der Waals surface area contributed by atoms with Crippen LogP contribution in [-0.4, -0.2) is 27.7 Å². The summed E-state index contributed by atoms with van der Waals surface area (Å²) < 4.78 is 15.1. The minimum atomic E-state index is -0.702. The third-order valence-electron chi connectivity index (χ3n) is 3.94. The van der Waals surface area contributed by atoms with E-state index in [0.717, 1.165) is 0 Å². The lowest BCUT2D eigenvalue weighted by Gasteiger charge is -2.23. The van der Waals surface area contributed by atoms with Crippen molar-refractivity contribution < 1.29 is 14.0 Å². The van der Waals surface area contributed by atoms with Crippen LogP contribution in [0.3, 0.4) is 0 Å². The van der Waals surface area contributed by atoms with E-state index in [1.54, 1.807) is 6.92 Å². The summed E-state index contributed by atoms with van der Waals surface area (Å²) in [6.45, 7) is 3.66. The Morgan fingerprint density at radius 1 is 1.33 bits per heavy atom. The molecule has 0 saturated carbocycles. The van der Waals surface area contributed by atoms with E-state index < -0.39 is 23.5 Å². The van der Waals surface area contributed by atoms with E-state index in [1.165, 1.54) is 30.7 Å². The number of amides is 1. The van der Waals surface area contributed by atoms with Gasteiger partial charge in [-0.2, -0.15) is 0 Å². The van der Waals surface area contributed by atoms with Crippen LogP contribution < -0.4 is 11.1 Å². The minimum Gasteiger partial charge on any atom is -0.370 e. The number of halogens is 3. The molecule has 0 bridgehead atoms. The predicted octanol–water partition coefficient (Wildman–Crippen LogP) is 3.23. The van der Waals surface area contributed by atoms with Gasteiger partial charge in [-0.1, -0.05) is 24.6 Å². The zero-order valence-electron chi connectivity index (χ0n) is 14.9. The molecule has 2 rings (SSSR count). The number of carbonyl (C=O) groups is 2. The highest BCUT2D eigenvalue weighted by Crippen LogP contribution is 2.29. The summed E-state index contributed by atoms with van der Waals surface area (Å²) in [5, 5.41) is 3.17. The summed E-state index contributed by atoms with van der Waals surface area (Å²) in [6.07, 6.45) is 3.28. The first-order valence-corrected chi connectivity index (χ1v) is 8.55. The largest absolute Gasteiger partial charge is 0.370 e. The Bertz CT molecular complexity index is 805. The average molecular weight is 415 g/mol. The van der Waals surface area contributed by atoms with E-state index in [2.05, 4.69) is 15.3 Å². The molecule has 0 aliphatic rings. The van der Waals surface area contributed by atoms with E-state index in [1.807, 2.05) is 6.92 Å². The molecule has 1 aromatic heterocycles. The standard InChI is InChI=1S/C18H20ClFN4O2.ClH/c1-3-13(24-10(2)8-15(21)25)11-4-5-12(19)16(17(11)20)18(26)14-6-7-22-9-23-14;/h4-7,9-10,13,24H,3,8H2,1-2H3,(H2,21,25);1H/t10-,13-;/m1./s1. The monoisotopic (exact) mass is 414 g/mol. The van der Waals surface area contributed by atoms with Gasteiger partial charge in [-0.05, 0) is 25.5 Å². The summed E-state index contributed by atoms with van der Waals surface area (Å²) in [5.41, 5.74) is 5.32. The number of hydrogen-bond donors (Lipinski definition) is 2. The normalized spacial score (nSPS) is 12.7. The maximum absolute atomic E-state index is 15.1. The van der Waals surface area contributed by atoms with Crippen molar-refractivity contribution in [1.29, 1.82) is 0 Å². The van der Waals surface area contributed by atoms with E-state index in [0.29, 0.717) is 12.0 Å². The van der Waals surface area contributed by atoms with Gasteiger partial charge in [0.2, 0.25) is 11.7 Å². The van der Waals surface area contributed by atoms with Crippen LogP contribution in [0.4, 0.5) is 4.39 Å². The lowest BCUT2D eigenvalue weighted by Crippen LogP contribution is -2.34. The van der Waals surface area contributed by atoms with Gasteiger partial charge in [0.15, 0.2) is 0 Å². The predicted molar refractivity (Wildman–Crippen MR) is 104 cm³/mol. The Morgan fingerprint density at radius 3 is 2.59 bits per heavy atom. The van der Waals surface area contributed by atoms with E-state index in [-0.39, 0.29) is 41.1 Å². The topological polar surface area (TPSA) is 98.0 Å². The van der Waals surface area contributed by atoms with Crippen molar-refractivity contribution >= 4 is 35.7 Å². The Labute approximate surface area is 168 Å². The molecule has 0 fully saturated rings. The molecule has 1 amide bonds.